The second-order valence-electron chi connectivity index (χ2n) is 13.3. The summed E-state index contributed by atoms with van der Waals surface area (Å²) in [7, 11) is 0. The minimum absolute atomic E-state index is 0.426. The molecule has 232 valence electrons. The maximum atomic E-state index is 5.32. The summed E-state index contributed by atoms with van der Waals surface area (Å²) in [5.41, 5.74) is 15.3. The maximum absolute atomic E-state index is 5.32. The number of hydrogen-bond donors (Lipinski definition) is 0. The second kappa shape index (κ2) is 10.2. The lowest BCUT2D eigenvalue weighted by Crippen LogP contribution is -2.25. The zero-order chi connectivity index (χ0) is 32.8. The van der Waals surface area contributed by atoms with Crippen molar-refractivity contribution in [1.82, 2.24) is 14.5 Å². The summed E-state index contributed by atoms with van der Waals surface area (Å²) in [4.78, 5) is 10.4. The van der Waals surface area contributed by atoms with Crippen molar-refractivity contribution in [3.8, 4) is 50.7 Å². The normalized spacial score (nSPS) is 13.4. The Hall–Kier alpha value is -6.58. The summed E-state index contributed by atoms with van der Waals surface area (Å²) in [6.07, 6.45) is 0. The lowest BCUT2D eigenvalue weighted by atomic mass is 9.70. The minimum Gasteiger partial charge on any atom is -0.294 e. The van der Waals surface area contributed by atoms with Crippen molar-refractivity contribution < 1.29 is 0 Å². The molecular weight excluding hydrogens is 607 g/mol. The van der Waals surface area contributed by atoms with Gasteiger partial charge in [-0.25, -0.2) is 9.97 Å². The van der Waals surface area contributed by atoms with Gasteiger partial charge in [0.25, 0.3) is 0 Å². The van der Waals surface area contributed by atoms with Gasteiger partial charge in [0.15, 0.2) is 5.82 Å². The van der Waals surface area contributed by atoms with Gasteiger partial charge in [-0.15, -0.1) is 0 Å². The highest BCUT2D eigenvalue weighted by Gasteiger charge is 2.51. The summed E-state index contributed by atoms with van der Waals surface area (Å²) in [5, 5.41) is 2.42. The first kappa shape index (κ1) is 27.4. The number of rotatable bonds is 3. The van der Waals surface area contributed by atoms with Gasteiger partial charge in [0.1, 0.15) is 5.82 Å². The SMILES string of the molecule is c1ccc(-c2cc(-n3c4ccccc4c4cc5c(cc43)C3(c4ccccc4-c4ccccc43)c3ccccc3-5)nc(-c3ccccc3)n2)cc1. The van der Waals surface area contributed by atoms with Crippen LogP contribution in [0.25, 0.3) is 72.5 Å². The summed E-state index contributed by atoms with van der Waals surface area (Å²) in [6.45, 7) is 0. The molecule has 7 aromatic carbocycles. The Labute approximate surface area is 289 Å². The van der Waals surface area contributed by atoms with Gasteiger partial charge in [-0.05, 0) is 62.7 Å². The molecule has 3 heteroatoms. The van der Waals surface area contributed by atoms with Crippen LogP contribution in [0.2, 0.25) is 0 Å². The van der Waals surface area contributed by atoms with E-state index in [2.05, 4.69) is 156 Å². The van der Waals surface area contributed by atoms with Gasteiger partial charge in [0.2, 0.25) is 0 Å². The summed E-state index contributed by atoms with van der Waals surface area (Å²) in [5.74, 6) is 1.55. The standard InChI is InChI=1S/C47H29N3/c1-3-15-30(16-4-1)42-29-45(49-46(48-42)31-17-5-2-6-18-31)50-43-26-14-10-22-35(43)37-27-36-34-21-9-13-25-40(34)47(41(36)28-44(37)50)38-23-11-7-19-32(38)33-20-8-12-24-39(33)47/h1-29H. The monoisotopic (exact) mass is 635 g/mol. The molecule has 0 bridgehead atoms. The van der Waals surface area contributed by atoms with E-state index >= 15 is 0 Å². The summed E-state index contributed by atoms with van der Waals surface area (Å²) >= 11 is 0. The first-order valence-electron chi connectivity index (χ1n) is 17.2. The van der Waals surface area contributed by atoms with Crippen LogP contribution in [0.3, 0.4) is 0 Å². The summed E-state index contributed by atoms with van der Waals surface area (Å²) < 4.78 is 2.36. The van der Waals surface area contributed by atoms with Crippen LogP contribution >= 0.6 is 0 Å². The van der Waals surface area contributed by atoms with E-state index in [1.807, 2.05) is 24.3 Å². The van der Waals surface area contributed by atoms with Crippen LogP contribution in [-0.4, -0.2) is 14.5 Å². The first-order chi connectivity index (χ1) is 24.8. The fourth-order valence-electron chi connectivity index (χ4n) is 8.82. The van der Waals surface area contributed by atoms with E-state index in [-0.39, 0.29) is 0 Å². The van der Waals surface area contributed by atoms with E-state index in [0.717, 1.165) is 33.7 Å². The van der Waals surface area contributed by atoms with Crippen LogP contribution in [0.1, 0.15) is 22.3 Å². The molecule has 2 aliphatic carbocycles. The Morgan fingerprint density at radius 2 is 0.920 bits per heavy atom. The van der Waals surface area contributed by atoms with Gasteiger partial charge < -0.3 is 0 Å². The molecule has 3 nitrogen and oxygen atoms in total. The van der Waals surface area contributed by atoms with Crippen LogP contribution in [0.5, 0.6) is 0 Å². The lowest BCUT2D eigenvalue weighted by Gasteiger charge is -2.30. The average molecular weight is 636 g/mol. The van der Waals surface area contributed by atoms with Crippen molar-refractivity contribution in [2.45, 2.75) is 5.41 Å². The quantitative estimate of drug-likeness (QED) is 0.193. The summed E-state index contributed by atoms with van der Waals surface area (Å²) in [6, 6.07) is 63.5. The average Bonchev–Trinajstić information content (AvgIpc) is 3.79. The van der Waals surface area contributed by atoms with Crippen molar-refractivity contribution in [3.63, 3.8) is 0 Å². The molecule has 0 fully saturated rings. The van der Waals surface area contributed by atoms with Crippen molar-refractivity contribution in [2.24, 2.45) is 0 Å². The van der Waals surface area contributed by atoms with Gasteiger partial charge >= 0.3 is 0 Å². The van der Waals surface area contributed by atoms with Crippen molar-refractivity contribution >= 4 is 21.8 Å². The highest BCUT2D eigenvalue weighted by atomic mass is 15.1. The smallest absolute Gasteiger partial charge is 0.162 e. The number of fused-ring (bicyclic) bond motifs is 13. The minimum atomic E-state index is -0.426. The Kier molecular flexibility index (Phi) is 5.59. The molecule has 0 saturated carbocycles. The number of aromatic nitrogens is 3. The van der Waals surface area contributed by atoms with Gasteiger partial charge in [0.05, 0.1) is 22.1 Å². The van der Waals surface area contributed by atoms with E-state index in [9.17, 15) is 0 Å². The van der Waals surface area contributed by atoms with Crippen molar-refractivity contribution in [1.29, 1.82) is 0 Å². The highest BCUT2D eigenvalue weighted by Crippen LogP contribution is 2.63. The predicted octanol–water partition coefficient (Wildman–Crippen LogP) is 11.3. The van der Waals surface area contributed by atoms with Crippen LogP contribution in [0.4, 0.5) is 0 Å². The molecule has 50 heavy (non-hydrogen) atoms. The molecule has 11 rings (SSSR count). The second-order valence-corrected chi connectivity index (χ2v) is 13.3. The first-order valence-corrected chi connectivity index (χ1v) is 17.2. The molecule has 0 saturated heterocycles. The van der Waals surface area contributed by atoms with Crippen molar-refractivity contribution in [2.75, 3.05) is 0 Å². The molecule has 2 aliphatic rings. The molecule has 2 heterocycles. The molecule has 9 aromatic rings. The third-order valence-corrected chi connectivity index (χ3v) is 10.8. The molecule has 0 N–H and O–H groups in total. The van der Waals surface area contributed by atoms with E-state index in [4.69, 9.17) is 9.97 Å². The zero-order valence-electron chi connectivity index (χ0n) is 27.1. The number of nitrogens with zero attached hydrogens (tertiary/aromatic N) is 3. The number of para-hydroxylation sites is 1. The van der Waals surface area contributed by atoms with Crippen LogP contribution in [0, 0.1) is 0 Å². The Balaban J connectivity index is 1.27. The van der Waals surface area contributed by atoms with Gasteiger partial charge in [-0.1, -0.05) is 152 Å². The van der Waals surface area contributed by atoms with Crippen LogP contribution in [-0.2, 0) is 5.41 Å². The molecule has 0 aliphatic heterocycles. The molecule has 0 radical (unpaired) electrons. The maximum Gasteiger partial charge on any atom is 0.162 e. The molecular formula is C47H29N3. The molecule has 0 unspecified atom stereocenters. The van der Waals surface area contributed by atoms with Gasteiger partial charge in [-0.3, -0.25) is 4.57 Å². The van der Waals surface area contributed by atoms with Gasteiger partial charge in [-0.2, -0.15) is 0 Å². The van der Waals surface area contributed by atoms with Crippen LogP contribution in [0.15, 0.2) is 176 Å². The fraction of sp³-hybridized carbons (Fsp3) is 0.0213. The highest BCUT2D eigenvalue weighted by molar-refractivity contribution is 6.12. The number of benzene rings is 7. The zero-order valence-corrected chi connectivity index (χ0v) is 27.1. The Morgan fingerprint density at radius 3 is 1.58 bits per heavy atom. The fourth-order valence-corrected chi connectivity index (χ4v) is 8.82. The van der Waals surface area contributed by atoms with Crippen LogP contribution < -0.4 is 0 Å². The number of hydrogen-bond acceptors (Lipinski definition) is 2. The topological polar surface area (TPSA) is 30.7 Å². The predicted molar refractivity (Wildman–Crippen MR) is 204 cm³/mol. The van der Waals surface area contributed by atoms with Crippen molar-refractivity contribution in [3.05, 3.63) is 198 Å². The van der Waals surface area contributed by atoms with E-state index in [1.165, 1.54) is 55.3 Å². The Morgan fingerprint density at radius 1 is 0.380 bits per heavy atom. The van der Waals surface area contributed by atoms with Gasteiger partial charge in [0, 0.05) is 28.0 Å². The molecule has 1 spiro atoms. The third-order valence-electron chi connectivity index (χ3n) is 10.8. The third kappa shape index (κ3) is 3.58. The van der Waals surface area contributed by atoms with E-state index < -0.39 is 5.41 Å². The molecule has 2 aromatic heterocycles. The lowest BCUT2D eigenvalue weighted by molar-refractivity contribution is 0.794. The van der Waals surface area contributed by atoms with E-state index in [0.29, 0.717) is 5.82 Å². The van der Waals surface area contributed by atoms with E-state index in [1.54, 1.807) is 0 Å². The molecule has 0 atom stereocenters. The Bertz CT molecular complexity index is 2710. The molecule has 0 amide bonds. The largest absolute Gasteiger partial charge is 0.294 e.